The predicted octanol–water partition coefficient (Wildman–Crippen LogP) is 3.82. The fraction of sp³-hybridized carbons (Fsp3) is 0.500. The summed E-state index contributed by atoms with van der Waals surface area (Å²) in [6, 6.07) is 0. The van der Waals surface area contributed by atoms with Crippen molar-refractivity contribution < 1.29 is 13.5 Å². The molecule has 0 aromatic rings. The highest BCUT2D eigenvalue weighted by molar-refractivity contribution is 9.11. The second-order valence-electron chi connectivity index (χ2n) is 2.47. The third-order valence-electron chi connectivity index (χ3n) is 1.04. The molecule has 4 heteroatoms. The summed E-state index contributed by atoms with van der Waals surface area (Å²) in [7, 11) is 0. The van der Waals surface area contributed by atoms with Crippen LogP contribution in [-0.2, 0) is 4.74 Å². The molecule has 0 rings (SSSR count). The molecule has 0 aliphatic carbocycles. The van der Waals surface area contributed by atoms with E-state index in [2.05, 4.69) is 20.7 Å². The molecule has 0 amide bonds. The van der Waals surface area contributed by atoms with Crippen molar-refractivity contribution in [2.24, 2.45) is 0 Å². The summed E-state index contributed by atoms with van der Waals surface area (Å²) in [5, 5.41) is 0. The molecule has 0 saturated heterocycles. The number of rotatable bonds is 3. The molecule has 0 saturated carbocycles. The topological polar surface area (TPSA) is 9.23 Å². The lowest BCUT2D eigenvalue weighted by Gasteiger charge is -2.07. The molecule has 0 N–H and O–H groups in total. The molecule has 0 bridgehead atoms. The van der Waals surface area contributed by atoms with Gasteiger partial charge in [0.25, 0.3) is 0 Å². The van der Waals surface area contributed by atoms with E-state index in [0.717, 1.165) is 4.48 Å². The summed E-state index contributed by atoms with van der Waals surface area (Å²) in [5.74, 6) is 0.208. The highest BCUT2D eigenvalue weighted by atomic mass is 79.9. The Kier molecular flexibility index (Phi) is 5.13. The van der Waals surface area contributed by atoms with Crippen LogP contribution in [-0.4, -0.2) is 6.61 Å². The van der Waals surface area contributed by atoms with E-state index < -0.39 is 6.61 Å². The lowest BCUT2D eigenvalue weighted by Crippen LogP contribution is -1.98. The molecular weight excluding hydrogens is 230 g/mol. The average molecular weight is 241 g/mol. The highest BCUT2D eigenvalue weighted by Crippen LogP contribution is 2.16. The molecule has 0 atom stereocenters. The monoisotopic (exact) mass is 240 g/mol. The van der Waals surface area contributed by atoms with Crippen LogP contribution in [0.3, 0.4) is 0 Å². The van der Waals surface area contributed by atoms with Gasteiger partial charge in [-0.1, -0.05) is 15.9 Å². The Morgan fingerprint density at radius 1 is 1.33 bits per heavy atom. The van der Waals surface area contributed by atoms with Crippen LogP contribution in [0.15, 0.2) is 21.9 Å². The van der Waals surface area contributed by atoms with Crippen molar-refractivity contribution in [3.05, 3.63) is 21.9 Å². The Balaban J connectivity index is 4.49. The Morgan fingerprint density at radius 3 is 2.08 bits per heavy atom. The molecule has 0 aromatic carbocycles. The van der Waals surface area contributed by atoms with Crippen molar-refractivity contribution in [1.82, 2.24) is 0 Å². The van der Waals surface area contributed by atoms with Crippen LogP contribution >= 0.6 is 15.9 Å². The van der Waals surface area contributed by atoms with Gasteiger partial charge in [-0.25, -0.2) is 0 Å². The van der Waals surface area contributed by atoms with Crippen molar-refractivity contribution in [3.8, 4) is 0 Å². The van der Waals surface area contributed by atoms with E-state index in [9.17, 15) is 8.78 Å². The number of hydrogen-bond donors (Lipinski definition) is 0. The minimum atomic E-state index is -2.77. The first-order chi connectivity index (χ1) is 5.43. The summed E-state index contributed by atoms with van der Waals surface area (Å²) in [4.78, 5) is 0. The van der Waals surface area contributed by atoms with Crippen molar-refractivity contribution >= 4 is 15.9 Å². The smallest absolute Gasteiger partial charge is 0.387 e. The van der Waals surface area contributed by atoms with Gasteiger partial charge in [-0.15, -0.1) is 0 Å². The van der Waals surface area contributed by atoms with Gasteiger partial charge in [0, 0.05) is 0 Å². The lowest BCUT2D eigenvalue weighted by atomic mass is 10.3. The average Bonchev–Trinajstić information content (AvgIpc) is 1.83. The van der Waals surface area contributed by atoms with Crippen molar-refractivity contribution in [2.45, 2.75) is 27.4 Å². The number of hydrogen-bond acceptors (Lipinski definition) is 1. The molecule has 0 radical (unpaired) electrons. The molecule has 0 spiro atoms. The van der Waals surface area contributed by atoms with Gasteiger partial charge in [-0.2, -0.15) is 8.78 Å². The molecule has 0 aliphatic rings. The van der Waals surface area contributed by atoms with E-state index in [1.54, 1.807) is 20.8 Å². The molecular formula is C8H11BrF2O. The Morgan fingerprint density at radius 2 is 1.83 bits per heavy atom. The molecule has 0 unspecified atom stereocenters. The van der Waals surface area contributed by atoms with Gasteiger partial charge in [0.15, 0.2) is 0 Å². The van der Waals surface area contributed by atoms with Crippen molar-refractivity contribution in [2.75, 3.05) is 0 Å². The van der Waals surface area contributed by atoms with Crippen LogP contribution in [0.25, 0.3) is 0 Å². The van der Waals surface area contributed by atoms with Crippen LogP contribution in [0.5, 0.6) is 0 Å². The molecule has 0 heterocycles. The maximum Gasteiger partial charge on any atom is 0.387 e. The largest absolute Gasteiger partial charge is 0.435 e. The van der Waals surface area contributed by atoms with Crippen LogP contribution in [0.2, 0.25) is 0 Å². The summed E-state index contributed by atoms with van der Waals surface area (Å²) in [5.41, 5.74) is 0.717. The maximum atomic E-state index is 11.8. The minimum absolute atomic E-state index is 0.208. The molecule has 1 nitrogen and oxygen atoms in total. The number of ether oxygens (including phenoxy) is 1. The van der Waals surface area contributed by atoms with Gasteiger partial charge in [-0.05, 0) is 36.9 Å². The molecule has 12 heavy (non-hydrogen) atoms. The summed E-state index contributed by atoms with van der Waals surface area (Å²) in [6.07, 6.45) is 1.52. The zero-order valence-corrected chi connectivity index (χ0v) is 8.78. The van der Waals surface area contributed by atoms with E-state index in [4.69, 9.17) is 0 Å². The van der Waals surface area contributed by atoms with E-state index >= 15 is 0 Å². The second kappa shape index (κ2) is 5.30. The first kappa shape index (κ1) is 11.6. The standard InChI is InChI=1S/C8H11BrF2O/c1-5(2)7(4-6(3)9)12-8(10)11/h4,8H,1-3H3. The Hall–Kier alpha value is -0.380. The molecule has 70 valence electrons. The predicted molar refractivity (Wildman–Crippen MR) is 48.1 cm³/mol. The fourth-order valence-corrected chi connectivity index (χ4v) is 0.781. The van der Waals surface area contributed by atoms with Crippen molar-refractivity contribution in [1.29, 1.82) is 0 Å². The summed E-state index contributed by atoms with van der Waals surface area (Å²) < 4.78 is 28.6. The number of halogens is 3. The Labute approximate surface area is 79.2 Å². The summed E-state index contributed by atoms with van der Waals surface area (Å²) >= 11 is 3.14. The molecule has 0 fully saturated rings. The SMILES string of the molecule is CC(Br)=CC(OC(F)F)=C(C)C. The number of alkyl halides is 2. The lowest BCUT2D eigenvalue weighted by molar-refractivity contribution is -0.0929. The maximum absolute atomic E-state index is 11.8. The zero-order chi connectivity index (χ0) is 9.72. The second-order valence-corrected chi connectivity index (χ2v) is 3.72. The highest BCUT2D eigenvalue weighted by Gasteiger charge is 2.06. The van der Waals surface area contributed by atoms with E-state index in [-0.39, 0.29) is 5.76 Å². The van der Waals surface area contributed by atoms with Gasteiger partial charge < -0.3 is 4.74 Å². The number of allylic oxidation sites excluding steroid dienone is 3. The third-order valence-corrected chi connectivity index (χ3v) is 1.27. The van der Waals surface area contributed by atoms with Crippen LogP contribution in [0, 0.1) is 0 Å². The molecule has 0 aliphatic heterocycles. The minimum Gasteiger partial charge on any atom is -0.435 e. The van der Waals surface area contributed by atoms with Gasteiger partial charge in [0.2, 0.25) is 0 Å². The fourth-order valence-electron chi connectivity index (χ4n) is 0.573. The van der Waals surface area contributed by atoms with E-state index in [1.165, 1.54) is 6.08 Å². The summed E-state index contributed by atoms with van der Waals surface area (Å²) in [6.45, 7) is 2.41. The van der Waals surface area contributed by atoms with Gasteiger partial charge in [-0.3, -0.25) is 0 Å². The third kappa shape index (κ3) is 5.29. The van der Waals surface area contributed by atoms with Gasteiger partial charge in [0.1, 0.15) is 5.76 Å². The van der Waals surface area contributed by atoms with Crippen LogP contribution in [0.4, 0.5) is 8.78 Å². The normalized spacial score (nSPS) is 11.8. The zero-order valence-electron chi connectivity index (χ0n) is 7.20. The first-order valence-corrected chi connectivity index (χ1v) is 4.19. The van der Waals surface area contributed by atoms with Crippen LogP contribution < -0.4 is 0 Å². The van der Waals surface area contributed by atoms with E-state index in [1.807, 2.05) is 0 Å². The quantitative estimate of drug-likeness (QED) is 0.539. The van der Waals surface area contributed by atoms with Crippen LogP contribution in [0.1, 0.15) is 20.8 Å². The van der Waals surface area contributed by atoms with Gasteiger partial charge >= 0.3 is 6.61 Å². The molecule has 0 aromatic heterocycles. The van der Waals surface area contributed by atoms with Crippen molar-refractivity contribution in [3.63, 3.8) is 0 Å². The van der Waals surface area contributed by atoms with E-state index in [0.29, 0.717) is 5.57 Å². The van der Waals surface area contributed by atoms with Gasteiger partial charge in [0.05, 0.1) is 0 Å². The Bertz CT molecular complexity index is 201. The first-order valence-electron chi connectivity index (χ1n) is 3.39.